The predicted octanol–water partition coefficient (Wildman–Crippen LogP) is 21.5. The molecule has 3 aromatic carbocycles. The molecule has 1 fully saturated rings. The number of hydrogen-bond acceptors (Lipinski definition) is 33. The molecule has 0 saturated carbocycles. The van der Waals surface area contributed by atoms with Crippen LogP contribution < -0.4 is 79.5 Å². The second-order valence-corrected chi connectivity index (χ2v) is 39.8. The van der Waals surface area contributed by atoms with Crippen molar-refractivity contribution in [1.82, 2.24) is 49.8 Å². The number of rotatable bonds is 16. The number of nitrogens with one attached hydrogen (secondary N) is 11. The maximum Gasteiger partial charge on any atom is 0.494 e. The lowest BCUT2D eigenvalue weighted by Gasteiger charge is -2.32. The SMILES string of the molecule is CC(=O)Nc1nc2ccc(-c3cnc4c(c3)NC(C)(C)N4C)cc2s1.CC(=O)Nc1nc2ccc(B3OC(C)(C)C(C)(C)O3)cc2s1.CN1c2ncc(Br)cc2NC1(C)C.CNc1ncc(-c2ccc3nc(NC(C)=O)sc3c2)cc1NC(C)C.CNc1ncc(Br)cc1N.CNc1ncc(Br)cc1NC(C)C.CNc1ncc(Br)cc1[N+](=O)[O-].O=[N+]([O-])c1cc(Br)cnc1Cl. The lowest BCUT2D eigenvalue weighted by Crippen LogP contribution is -2.42. The third-order valence-corrected chi connectivity index (χ3v) is 24.9. The lowest BCUT2D eigenvalue weighted by atomic mass is 9.79. The number of halogens is 6. The van der Waals surface area contributed by atoms with E-state index in [4.69, 9.17) is 26.6 Å². The third kappa shape index (κ3) is 28.3. The van der Waals surface area contributed by atoms with Crippen LogP contribution in [0.2, 0.25) is 5.15 Å². The first kappa shape index (κ1) is 104. The molecule has 3 amide bonds. The molecule has 0 aliphatic carbocycles. The van der Waals surface area contributed by atoms with Crippen LogP contribution in [0.1, 0.15) is 104 Å². The first-order valence-corrected chi connectivity index (χ1v) is 47.1. The number of nitro groups is 2. The minimum absolute atomic E-state index is 0.0353. The van der Waals surface area contributed by atoms with Gasteiger partial charge in [0.15, 0.2) is 27.0 Å². The minimum atomic E-state index is -0.583. The van der Waals surface area contributed by atoms with Crippen molar-refractivity contribution < 1.29 is 33.5 Å². The summed E-state index contributed by atoms with van der Waals surface area (Å²) in [6, 6.07) is 31.6. The molecule has 0 bridgehead atoms. The van der Waals surface area contributed by atoms with Crippen molar-refractivity contribution in [3.63, 3.8) is 0 Å². The number of aromatic nitrogens is 10. The van der Waals surface area contributed by atoms with Gasteiger partial charge in [-0.15, -0.1) is 0 Å². The van der Waals surface area contributed by atoms with Gasteiger partial charge in [0.25, 0.3) is 0 Å². The van der Waals surface area contributed by atoms with Crippen LogP contribution in [0.15, 0.2) is 163 Å². The highest BCUT2D eigenvalue weighted by Gasteiger charge is 2.52. The van der Waals surface area contributed by atoms with Gasteiger partial charge < -0.3 is 83.3 Å². The Kier molecular flexibility index (Phi) is 36.0. The van der Waals surface area contributed by atoms with Crippen LogP contribution in [0.5, 0.6) is 0 Å². The van der Waals surface area contributed by atoms with Crippen molar-refractivity contribution in [3.05, 3.63) is 188 Å². The smallest absolute Gasteiger partial charge is 0.399 e. The molecule has 0 radical (unpaired) electrons. The highest BCUT2D eigenvalue weighted by Crippen LogP contribution is 2.43. The normalized spacial score (nSPS) is 13.5. The Morgan fingerprint density at radius 3 is 1.26 bits per heavy atom. The van der Waals surface area contributed by atoms with E-state index in [1.54, 1.807) is 32.6 Å². The fourth-order valence-corrected chi connectivity index (χ4v) is 17.0. The van der Waals surface area contributed by atoms with Gasteiger partial charge in [0.1, 0.15) is 28.8 Å². The Morgan fingerprint density at radius 1 is 0.466 bits per heavy atom. The molecule has 692 valence electrons. The molecular weight excluding hydrogens is 2080 g/mol. The van der Waals surface area contributed by atoms with Gasteiger partial charge in [-0.2, -0.15) is 0 Å². The summed E-state index contributed by atoms with van der Waals surface area (Å²) < 4.78 is 19.2. The average Bonchev–Trinajstić information content (AvgIpc) is 1.63. The van der Waals surface area contributed by atoms with Crippen molar-refractivity contribution >= 4 is 276 Å². The molecule has 0 atom stereocenters. The molecule has 10 aromatic heterocycles. The van der Waals surface area contributed by atoms with E-state index in [1.165, 1.54) is 79.3 Å². The summed E-state index contributed by atoms with van der Waals surface area (Å²) in [5.41, 5.74) is 17.0. The topological polar surface area (TPSA) is 450 Å². The Balaban J connectivity index is 0.000000173. The van der Waals surface area contributed by atoms with Gasteiger partial charge in [-0.1, -0.05) is 63.8 Å². The summed E-state index contributed by atoms with van der Waals surface area (Å²) in [7, 11) is 10.8. The van der Waals surface area contributed by atoms with Gasteiger partial charge in [-0.25, -0.2) is 49.8 Å². The Labute approximate surface area is 818 Å². The van der Waals surface area contributed by atoms with Crippen LogP contribution in [0, 0.1) is 20.2 Å². The van der Waals surface area contributed by atoms with E-state index in [1.807, 2.05) is 129 Å². The van der Waals surface area contributed by atoms with E-state index in [9.17, 15) is 34.6 Å². The molecule has 13 heterocycles. The Hall–Kier alpha value is -10.9. The van der Waals surface area contributed by atoms with E-state index >= 15 is 0 Å². The number of pyridine rings is 7. The van der Waals surface area contributed by atoms with Gasteiger partial charge in [0.2, 0.25) is 28.7 Å². The molecule has 13 N–H and O–H groups in total. The predicted molar refractivity (Wildman–Crippen MR) is 554 cm³/mol. The summed E-state index contributed by atoms with van der Waals surface area (Å²) in [6.45, 7) is 29.5. The van der Waals surface area contributed by atoms with Crippen LogP contribution in [-0.4, -0.2) is 161 Å². The number of carbonyl (C=O) groups excluding carboxylic acids is 3. The molecule has 16 rings (SSSR count). The highest BCUT2D eigenvalue weighted by molar-refractivity contribution is 9.11. The molecule has 13 aromatic rings. The van der Waals surface area contributed by atoms with Gasteiger partial charge in [0, 0.05) is 164 Å². The van der Waals surface area contributed by atoms with E-state index in [-0.39, 0.29) is 69.7 Å². The number of fused-ring (bicyclic) bond motifs is 5. The molecule has 45 heteroatoms. The van der Waals surface area contributed by atoms with E-state index in [0.29, 0.717) is 47.9 Å². The maximum absolute atomic E-state index is 11.2. The fraction of sp³-hybridized carbons (Fsp3) is 0.314. The van der Waals surface area contributed by atoms with Crippen molar-refractivity contribution in [1.29, 1.82) is 0 Å². The lowest BCUT2D eigenvalue weighted by molar-refractivity contribution is -0.385. The molecule has 0 unspecified atom stereocenters. The zero-order valence-corrected chi connectivity index (χ0v) is 86.7. The number of amides is 3. The maximum atomic E-state index is 11.2. The van der Waals surface area contributed by atoms with Crippen LogP contribution >= 0.6 is 125 Å². The van der Waals surface area contributed by atoms with Gasteiger partial charge in [0.05, 0.1) is 80.1 Å². The van der Waals surface area contributed by atoms with Crippen molar-refractivity contribution in [2.24, 2.45) is 0 Å². The van der Waals surface area contributed by atoms with Crippen molar-refractivity contribution in [2.75, 3.05) is 116 Å². The number of nitrogens with zero attached hydrogens (tertiary/aromatic N) is 14. The Morgan fingerprint density at radius 2 is 0.824 bits per heavy atom. The number of nitrogen functional groups attached to an aromatic ring is 1. The third-order valence-electron chi connectivity index (χ3n) is 19.6. The fourth-order valence-electron chi connectivity index (χ4n) is 12.3. The van der Waals surface area contributed by atoms with Gasteiger partial charge in [-0.05, 0) is 246 Å². The molecule has 131 heavy (non-hydrogen) atoms. The van der Waals surface area contributed by atoms with Crippen LogP contribution in [0.3, 0.4) is 0 Å². The van der Waals surface area contributed by atoms with Crippen LogP contribution in [0.25, 0.3) is 52.9 Å². The van der Waals surface area contributed by atoms with Gasteiger partial charge >= 0.3 is 18.5 Å². The summed E-state index contributed by atoms with van der Waals surface area (Å²) in [5, 5.41) is 55.9. The van der Waals surface area contributed by atoms with Crippen molar-refractivity contribution in [3.8, 4) is 22.3 Å². The van der Waals surface area contributed by atoms with Crippen molar-refractivity contribution in [2.45, 2.75) is 138 Å². The number of hydrogen-bond donors (Lipinski definition) is 12. The highest BCUT2D eigenvalue weighted by atomic mass is 79.9. The zero-order valence-electron chi connectivity index (χ0n) is 75.5. The zero-order chi connectivity index (χ0) is 96.5. The number of anilines is 14. The second-order valence-electron chi connectivity index (χ2n) is 31.7. The summed E-state index contributed by atoms with van der Waals surface area (Å²) in [6.07, 6.45) is 11.9. The molecule has 3 aliphatic heterocycles. The van der Waals surface area contributed by atoms with E-state index < -0.39 is 9.85 Å². The molecule has 3 aliphatic rings. The summed E-state index contributed by atoms with van der Waals surface area (Å²) >= 11 is 26.0. The minimum Gasteiger partial charge on any atom is -0.399 e. The number of thiazole rings is 3. The number of nitrogens with two attached hydrogens (primary N) is 1. The van der Waals surface area contributed by atoms with Gasteiger partial charge in [-0.3, -0.25) is 34.6 Å². The van der Waals surface area contributed by atoms with E-state index in [0.717, 1.165) is 118 Å². The Bertz CT molecular complexity index is 6170. The van der Waals surface area contributed by atoms with Crippen LogP contribution in [-0.2, 0) is 23.7 Å². The quantitative estimate of drug-likeness (QED) is 0.0185. The van der Waals surface area contributed by atoms with Crippen LogP contribution in [0.4, 0.5) is 90.1 Å². The standard InChI is InChI=1S/C18H19N5OS.C18H21N5OS.C15H19BN2O3S.C9H12BrN3.C9H14BrN3.C6H6BrN3O2.C6H8BrN3.C5H2BrClN2O2/c1-10(24)20-17-21-13-6-5-11(8-15(13)25-17)12-7-14-16(19-9-12)23(4)18(2,3)22-14;1-10(2)21-15-7-13(9-20-17(15)19-4)12-5-6-14-16(8-12)25-18(23-14)22-11(3)24;1-9(19)17-13-18-11-7-6-10(8-12(11)22-13)16-20-14(2,3)15(4,5)21-16;1-9(2)12-7-4-6(10)5-11-8(7)13(9)3;1-6(2)13-8-4-7(10)5-12-9(8)11-3;1-8-6-5(10(11)12)2-4(7)3-9-6;1-9-6-5(8)2-4(7)3-10-6;6-3-1-4(9(10)11)5(7)8-2-3/h5-9,22H,1-4H3,(H,20,21,24);5-10,21H,1-4H3,(H,19,20)(H,22,23,24);6-8H,1-5H3,(H,17,18,19);4-5,12H,1-3H3;4-6,13H,1-3H3,(H,11,12);2-3H,1H3,(H,8,9);2-3H,8H2,1H3,(H,9,10);1-2H. The molecule has 1 saturated heterocycles. The largest absolute Gasteiger partial charge is 0.494 e. The molecule has 35 nitrogen and oxygen atoms in total. The van der Waals surface area contributed by atoms with E-state index in [2.05, 4.69) is 277 Å². The number of carbonyl (C=O) groups is 3. The monoisotopic (exact) mass is 2180 g/mol. The second kappa shape index (κ2) is 45.5. The number of benzene rings is 3. The first-order valence-electron chi connectivity index (χ1n) is 40.3. The first-order chi connectivity index (χ1) is 61.6. The average molecular weight is 2180 g/mol. The molecular formula is C86H101BBr5ClN26O9S3. The summed E-state index contributed by atoms with van der Waals surface area (Å²) in [5.74, 6) is 4.29. The summed E-state index contributed by atoms with van der Waals surface area (Å²) in [4.78, 5) is 99.8. The molecule has 0 spiro atoms.